The quantitative estimate of drug-likeness (QED) is 0.553. The lowest BCUT2D eigenvalue weighted by molar-refractivity contribution is 1.09. The van der Waals surface area contributed by atoms with Crippen LogP contribution in [0.3, 0.4) is 0 Å². The number of nitrogens with one attached hydrogen (secondary N) is 1. The number of aromatic nitrogens is 3. The second kappa shape index (κ2) is 4.96. The van der Waals surface area contributed by atoms with Crippen LogP contribution in [0.5, 0.6) is 0 Å². The largest absolute Gasteiger partial charge is 0.331 e. The van der Waals surface area contributed by atoms with Gasteiger partial charge in [-0.25, -0.2) is 15.0 Å². The van der Waals surface area contributed by atoms with E-state index in [4.69, 9.17) is 11.6 Å². The summed E-state index contributed by atoms with van der Waals surface area (Å²) < 4.78 is 0. The number of fused-ring (bicyclic) bond motifs is 1. The number of halogens is 1. The predicted molar refractivity (Wildman–Crippen MR) is 81.9 cm³/mol. The Morgan fingerprint density at radius 3 is 2.79 bits per heavy atom. The SMILES string of the molecule is Cc1nc(Cl)c2nc(Nc3ccccc3S)sc2n1. The molecule has 2 aromatic heterocycles. The molecule has 0 unspecified atom stereocenters. The fraction of sp³-hybridized carbons (Fsp3) is 0.0833. The lowest BCUT2D eigenvalue weighted by Crippen LogP contribution is -1.90. The maximum atomic E-state index is 6.06. The molecule has 0 atom stereocenters. The van der Waals surface area contributed by atoms with Gasteiger partial charge in [-0.3, -0.25) is 0 Å². The molecule has 0 aliphatic rings. The van der Waals surface area contributed by atoms with Crippen molar-refractivity contribution in [2.75, 3.05) is 5.32 Å². The van der Waals surface area contributed by atoms with Gasteiger partial charge in [0.2, 0.25) is 0 Å². The number of nitrogens with zero attached hydrogens (tertiary/aromatic N) is 3. The van der Waals surface area contributed by atoms with E-state index in [1.807, 2.05) is 24.3 Å². The van der Waals surface area contributed by atoms with Gasteiger partial charge >= 0.3 is 0 Å². The van der Waals surface area contributed by atoms with Crippen LogP contribution in [0.2, 0.25) is 5.15 Å². The first-order valence-electron chi connectivity index (χ1n) is 5.49. The molecule has 1 aromatic carbocycles. The number of aryl methyl sites for hydroxylation is 1. The highest BCUT2D eigenvalue weighted by Crippen LogP contribution is 2.31. The molecule has 0 fully saturated rings. The minimum Gasteiger partial charge on any atom is -0.331 e. The topological polar surface area (TPSA) is 50.7 Å². The molecule has 3 aromatic rings. The molecule has 4 nitrogen and oxygen atoms in total. The number of para-hydroxylation sites is 1. The van der Waals surface area contributed by atoms with Gasteiger partial charge in [0, 0.05) is 4.90 Å². The van der Waals surface area contributed by atoms with Crippen LogP contribution in [-0.2, 0) is 0 Å². The molecule has 0 spiro atoms. The van der Waals surface area contributed by atoms with Crippen LogP contribution in [-0.4, -0.2) is 15.0 Å². The van der Waals surface area contributed by atoms with E-state index in [-0.39, 0.29) is 0 Å². The number of anilines is 2. The molecule has 0 aliphatic heterocycles. The molecule has 0 radical (unpaired) electrons. The Labute approximate surface area is 124 Å². The number of thiazole rings is 1. The summed E-state index contributed by atoms with van der Waals surface area (Å²) in [5.41, 5.74) is 1.52. The van der Waals surface area contributed by atoms with Gasteiger partial charge in [0.25, 0.3) is 0 Å². The number of thiol groups is 1. The van der Waals surface area contributed by atoms with E-state index >= 15 is 0 Å². The number of hydrogen-bond donors (Lipinski definition) is 2. The van der Waals surface area contributed by atoms with Crippen molar-refractivity contribution in [1.29, 1.82) is 0 Å². The van der Waals surface area contributed by atoms with Gasteiger partial charge in [-0.15, -0.1) is 12.6 Å². The van der Waals surface area contributed by atoms with Crippen LogP contribution in [0.1, 0.15) is 5.82 Å². The van der Waals surface area contributed by atoms with Crippen molar-refractivity contribution >= 4 is 56.7 Å². The Morgan fingerprint density at radius 2 is 2.00 bits per heavy atom. The summed E-state index contributed by atoms with van der Waals surface area (Å²) in [4.78, 5) is 14.5. The van der Waals surface area contributed by atoms with E-state index in [0.29, 0.717) is 16.5 Å². The van der Waals surface area contributed by atoms with Gasteiger partial charge in [-0.2, -0.15) is 0 Å². The lowest BCUT2D eigenvalue weighted by Gasteiger charge is -2.04. The molecule has 3 rings (SSSR count). The zero-order chi connectivity index (χ0) is 13.4. The number of benzene rings is 1. The average Bonchev–Trinajstić information content (AvgIpc) is 2.75. The lowest BCUT2D eigenvalue weighted by atomic mass is 10.3. The molecule has 0 bridgehead atoms. The molecule has 19 heavy (non-hydrogen) atoms. The Balaban J connectivity index is 2.03. The molecule has 0 aliphatic carbocycles. The molecule has 0 saturated carbocycles. The summed E-state index contributed by atoms with van der Waals surface area (Å²) in [5, 5.41) is 4.31. The number of hydrogen-bond acceptors (Lipinski definition) is 6. The van der Waals surface area contributed by atoms with Crippen LogP contribution < -0.4 is 5.32 Å². The van der Waals surface area contributed by atoms with Crippen molar-refractivity contribution in [2.45, 2.75) is 11.8 Å². The second-order valence-corrected chi connectivity index (χ2v) is 5.69. The predicted octanol–water partition coefficient (Wildman–Crippen LogP) is 4.08. The fourth-order valence-corrected chi connectivity index (χ4v) is 3.06. The van der Waals surface area contributed by atoms with Crippen LogP contribution >= 0.6 is 35.6 Å². The molecular weight excluding hydrogens is 300 g/mol. The van der Waals surface area contributed by atoms with E-state index in [1.165, 1.54) is 11.3 Å². The Hall–Kier alpha value is -1.37. The highest BCUT2D eigenvalue weighted by molar-refractivity contribution is 7.80. The first-order valence-corrected chi connectivity index (χ1v) is 7.13. The third kappa shape index (κ3) is 2.51. The Bertz CT molecular complexity index is 757. The second-order valence-electron chi connectivity index (χ2n) is 3.88. The van der Waals surface area contributed by atoms with Gasteiger partial charge in [0.05, 0.1) is 5.69 Å². The molecule has 96 valence electrons. The minimum absolute atomic E-state index is 0.381. The Kier molecular flexibility index (Phi) is 3.30. The van der Waals surface area contributed by atoms with Gasteiger partial charge < -0.3 is 5.32 Å². The van der Waals surface area contributed by atoms with E-state index in [2.05, 4.69) is 32.9 Å². The maximum Gasteiger partial charge on any atom is 0.189 e. The summed E-state index contributed by atoms with van der Waals surface area (Å²) in [6.45, 7) is 1.81. The van der Waals surface area contributed by atoms with Gasteiger partial charge in [0.15, 0.2) is 15.1 Å². The minimum atomic E-state index is 0.381. The van der Waals surface area contributed by atoms with Crippen LogP contribution in [0.4, 0.5) is 10.8 Å². The van der Waals surface area contributed by atoms with Crippen molar-refractivity contribution in [3.8, 4) is 0 Å². The van der Waals surface area contributed by atoms with Crippen molar-refractivity contribution in [3.63, 3.8) is 0 Å². The summed E-state index contributed by atoms with van der Waals surface area (Å²) in [7, 11) is 0. The van der Waals surface area contributed by atoms with E-state index in [0.717, 1.165) is 20.5 Å². The zero-order valence-electron chi connectivity index (χ0n) is 9.88. The van der Waals surface area contributed by atoms with Crippen molar-refractivity contribution in [3.05, 3.63) is 35.2 Å². The molecule has 0 amide bonds. The van der Waals surface area contributed by atoms with Gasteiger partial charge in [-0.1, -0.05) is 35.1 Å². The summed E-state index contributed by atoms with van der Waals surface area (Å²) in [6.07, 6.45) is 0. The van der Waals surface area contributed by atoms with Gasteiger partial charge in [-0.05, 0) is 19.1 Å². The van der Waals surface area contributed by atoms with E-state index < -0.39 is 0 Å². The highest BCUT2D eigenvalue weighted by Gasteiger charge is 2.11. The molecular formula is C12H9ClN4S2. The van der Waals surface area contributed by atoms with E-state index in [1.54, 1.807) is 6.92 Å². The molecule has 7 heteroatoms. The highest BCUT2D eigenvalue weighted by atomic mass is 35.5. The third-order valence-electron chi connectivity index (χ3n) is 2.47. The normalized spacial score (nSPS) is 10.9. The molecule has 2 heterocycles. The Morgan fingerprint density at radius 1 is 1.21 bits per heavy atom. The summed E-state index contributed by atoms with van der Waals surface area (Å²) >= 11 is 11.9. The maximum absolute atomic E-state index is 6.06. The van der Waals surface area contributed by atoms with Crippen molar-refractivity contribution in [2.24, 2.45) is 0 Å². The fourth-order valence-electron chi connectivity index (χ4n) is 1.64. The first-order chi connectivity index (χ1) is 9.13. The summed E-state index contributed by atoms with van der Waals surface area (Å²) in [6, 6.07) is 7.71. The zero-order valence-corrected chi connectivity index (χ0v) is 12.4. The average molecular weight is 309 g/mol. The third-order valence-corrected chi connectivity index (χ3v) is 3.99. The van der Waals surface area contributed by atoms with E-state index in [9.17, 15) is 0 Å². The summed E-state index contributed by atoms with van der Waals surface area (Å²) in [5.74, 6) is 0.641. The molecule has 0 saturated heterocycles. The van der Waals surface area contributed by atoms with Crippen molar-refractivity contribution < 1.29 is 0 Å². The number of rotatable bonds is 2. The van der Waals surface area contributed by atoms with Crippen LogP contribution in [0, 0.1) is 6.92 Å². The van der Waals surface area contributed by atoms with Crippen LogP contribution in [0.15, 0.2) is 29.2 Å². The smallest absolute Gasteiger partial charge is 0.189 e. The first kappa shape index (κ1) is 12.7. The van der Waals surface area contributed by atoms with Crippen molar-refractivity contribution in [1.82, 2.24) is 15.0 Å². The monoisotopic (exact) mass is 308 g/mol. The van der Waals surface area contributed by atoms with Crippen LogP contribution in [0.25, 0.3) is 10.3 Å². The standard InChI is InChI=1S/C12H9ClN4S2/c1-6-14-10(13)9-11(15-6)19-12(17-9)16-7-4-2-3-5-8(7)18/h2-5,18H,1H3,(H,16,17). The van der Waals surface area contributed by atoms with Gasteiger partial charge in [0.1, 0.15) is 11.3 Å². The molecule has 1 N–H and O–H groups in total.